The third kappa shape index (κ3) is 44.9. The molecule has 0 radical (unpaired) electrons. The SMILES string of the molecule is CC/C=C\C/C=C\C/C=C\C/C=C\CCCCCCCCCCCCCCCOCC(COC1OC(CO)C(O)C(OS(=O)(=O)O)C1O)OC(=O)CCCCCCCCCCCC/C=C\C/C=C\C/C=C\C/C=C\CC. The van der Waals surface area contributed by atoms with Crippen LogP contribution in [0.25, 0.3) is 0 Å². The molecule has 1 heterocycles. The molecule has 1 aliphatic rings. The summed E-state index contributed by atoms with van der Waals surface area (Å²) in [6.07, 6.45) is 64.4. The van der Waals surface area contributed by atoms with Gasteiger partial charge in [0.1, 0.15) is 30.5 Å². The van der Waals surface area contributed by atoms with Crippen molar-refractivity contribution in [1.29, 1.82) is 0 Å². The fraction of sp³-hybridized carbons (Fsp3) is 0.730. The van der Waals surface area contributed by atoms with E-state index in [2.05, 4.69) is 115 Å². The van der Waals surface area contributed by atoms with Gasteiger partial charge in [0, 0.05) is 13.0 Å². The fourth-order valence-corrected chi connectivity index (χ4v) is 9.28. The topological polar surface area (TPSA) is 178 Å². The Bertz CT molecular complexity index is 1680. The minimum absolute atomic E-state index is 0.0290. The van der Waals surface area contributed by atoms with E-state index in [9.17, 15) is 33.1 Å². The highest BCUT2D eigenvalue weighted by Gasteiger charge is 2.48. The third-order valence-electron chi connectivity index (χ3n) is 13.2. The Hall–Kier alpha value is -2.98. The number of carbonyl (C=O) groups excluding carboxylic acids is 1. The highest BCUT2D eigenvalue weighted by molar-refractivity contribution is 7.80. The van der Waals surface area contributed by atoms with Crippen molar-refractivity contribution in [1.82, 2.24) is 0 Å². The molecule has 0 aromatic heterocycles. The first kappa shape index (κ1) is 71.0. The van der Waals surface area contributed by atoms with Gasteiger partial charge in [-0.3, -0.25) is 9.35 Å². The molecule has 13 heteroatoms. The Labute approximate surface area is 463 Å². The van der Waals surface area contributed by atoms with Crippen LogP contribution in [0.5, 0.6) is 0 Å². The van der Waals surface area contributed by atoms with Crippen LogP contribution in [0.4, 0.5) is 0 Å². The molecule has 6 atom stereocenters. The number of aliphatic hydroxyl groups excluding tert-OH is 3. The summed E-state index contributed by atoms with van der Waals surface area (Å²) in [5, 5.41) is 30.9. The van der Waals surface area contributed by atoms with Gasteiger partial charge in [-0.15, -0.1) is 0 Å². The number of aliphatic hydroxyl groups is 3. The van der Waals surface area contributed by atoms with Crippen molar-refractivity contribution in [3.8, 4) is 0 Å². The number of ether oxygens (including phenoxy) is 4. The minimum atomic E-state index is -5.07. The van der Waals surface area contributed by atoms with Gasteiger partial charge in [0.05, 0.1) is 19.8 Å². The number of hydrogen-bond donors (Lipinski definition) is 4. The summed E-state index contributed by atoms with van der Waals surface area (Å²) in [7, 11) is -5.07. The number of esters is 1. The highest BCUT2D eigenvalue weighted by Crippen LogP contribution is 2.26. The summed E-state index contributed by atoms with van der Waals surface area (Å²) in [4.78, 5) is 13.0. The van der Waals surface area contributed by atoms with Crippen LogP contribution in [0.1, 0.15) is 232 Å². The molecule has 1 aliphatic heterocycles. The number of carbonyl (C=O) groups is 1. The molecule has 0 spiro atoms. The molecule has 1 saturated heterocycles. The standard InChI is InChI=1S/C63H108O12S/c1-3-5-7-9-11-13-15-17-19-21-23-25-27-28-29-31-33-35-37-39-41-43-45-47-49-51-53-71-55-57(56-72-63-61(67)62(75-76(68,69)70)60(66)58(54-64)74-63)73-59(65)52-50-48-46-44-42-40-38-36-34-32-30-26-24-22-20-18-16-14-12-10-8-6-4-2/h5-8,11-14,17-20,23-26,57-58,60-64,66-67H,3-4,9-10,15-16,21-22,27-56H2,1-2H3,(H,68,69,70)/b7-5-,8-6-,13-11-,14-12-,19-17-,20-18-,25-23-,26-24-. The normalized spacial score (nSPS) is 19.3. The fourth-order valence-electron chi connectivity index (χ4n) is 8.77. The Balaban J connectivity index is 2.28. The Kier molecular flexibility index (Phi) is 49.3. The Morgan fingerprint density at radius 3 is 1.26 bits per heavy atom. The van der Waals surface area contributed by atoms with Crippen LogP contribution in [-0.2, 0) is 38.3 Å². The van der Waals surface area contributed by atoms with Crippen molar-refractivity contribution in [3.05, 3.63) is 97.2 Å². The molecular weight excluding hydrogens is 981 g/mol. The maximum absolute atomic E-state index is 13.0. The molecule has 1 rings (SSSR count). The van der Waals surface area contributed by atoms with Crippen LogP contribution >= 0.6 is 0 Å². The van der Waals surface area contributed by atoms with Crippen molar-refractivity contribution in [2.75, 3.05) is 26.4 Å². The second-order valence-corrected chi connectivity index (χ2v) is 21.2. The lowest BCUT2D eigenvalue weighted by Gasteiger charge is -2.41. The summed E-state index contributed by atoms with van der Waals surface area (Å²) in [5.74, 6) is -0.405. The number of hydrogen-bond acceptors (Lipinski definition) is 11. The maximum Gasteiger partial charge on any atom is 0.397 e. The summed E-state index contributed by atoms with van der Waals surface area (Å²) in [6.45, 7) is 3.78. The molecule has 0 aromatic carbocycles. The van der Waals surface area contributed by atoms with Gasteiger partial charge < -0.3 is 34.3 Å². The second kappa shape index (κ2) is 52.7. The predicted octanol–water partition coefficient (Wildman–Crippen LogP) is 15.3. The van der Waals surface area contributed by atoms with Crippen molar-refractivity contribution in [2.24, 2.45) is 0 Å². The molecule has 76 heavy (non-hydrogen) atoms. The van der Waals surface area contributed by atoms with E-state index in [1.807, 2.05) is 0 Å². The quantitative estimate of drug-likeness (QED) is 0.0196. The van der Waals surface area contributed by atoms with Gasteiger partial charge in [0.2, 0.25) is 0 Å². The van der Waals surface area contributed by atoms with E-state index in [0.29, 0.717) is 13.0 Å². The van der Waals surface area contributed by atoms with Gasteiger partial charge >= 0.3 is 16.4 Å². The average molecular weight is 1090 g/mol. The van der Waals surface area contributed by atoms with Crippen molar-refractivity contribution in [3.63, 3.8) is 0 Å². The first-order chi connectivity index (χ1) is 37.1. The van der Waals surface area contributed by atoms with E-state index in [1.54, 1.807) is 0 Å². The highest BCUT2D eigenvalue weighted by atomic mass is 32.3. The van der Waals surface area contributed by atoms with E-state index < -0.39 is 59.8 Å². The minimum Gasteiger partial charge on any atom is -0.457 e. The Morgan fingerprint density at radius 1 is 0.500 bits per heavy atom. The summed E-state index contributed by atoms with van der Waals surface area (Å²) in [6, 6.07) is 0. The molecule has 438 valence electrons. The number of rotatable bonds is 52. The maximum atomic E-state index is 13.0. The molecular formula is C63H108O12S. The molecule has 0 bridgehead atoms. The molecule has 0 saturated carbocycles. The molecule has 4 N–H and O–H groups in total. The summed E-state index contributed by atoms with van der Waals surface area (Å²) < 4.78 is 59.5. The lowest BCUT2D eigenvalue weighted by molar-refractivity contribution is -0.301. The van der Waals surface area contributed by atoms with Crippen LogP contribution < -0.4 is 0 Å². The van der Waals surface area contributed by atoms with Gasteiger partial charge in [0.15, 0.2) is 6.29 Å². The van der Waals surface area contributed by atoms with Gasteiger partial charge in [-0.2, -0.15) is 8.42 Å². The second-order valence-electron chi connectivity index (χ2n) is 20.2. The third-order valence-corrected chi connectivity index (χ3v) is 13.7. The lowest BCUT2D eigenvalue weighted by Crippen LogP contribution is -2.60. The van der Waals surface area contributed by atoms with Gasteiger partial charge in [-0.05, 0) is 89.9 Å². The predicted molar refractivity (Wildman–Crippen MR) is 312 cm³/mol. The molecule has 0 aromatic rings. The van der Waals surface area contributed by atoms with Crippen LogP contribution in [0.15, 0.2) is 97.2 Å². The first-order valence-corrected chi connectivity index (χ1v) is 31.4. The average Bonchev–Trinajstić information content (AvgIpc) is 3.40. The van der Waals surface area contributed by atoms with E-state index in [4.69, 9.17) is 18.9 Å². The van der Waals surface area contributed by atoms with Gasteiger partial charge in [-0.1, -0.05) is 233 Å². The van der Waals surface area contributed by atoms with Crippen LogP contribution in [0.2, 0.25) is 0 Å². The number of allylic oxidation sites excluding steroid dienone is 16. The van der Waals surface area contributed by atoms with Crippen LogP contribution in [0, 0.1) is 0 Å². The van der Waals surface area contributed by atoms with E-state index >= 15 is 0 Å². The van der Waals surface area contributed by atoms with Crippen molar-refractivity contribution < 1.29 is 56.2 Å². The van der Waals surface area contributed by atoms with Crippen molar-refractivity contribution >= 4 is 16.4 Å². The zero-order valence-corrected chi connectivity index (χ0v) is 48.4. The summed E-state index contributed by atoms with van der Waals surface area (Å²) >= 11 is 0. The zero-order valence-electron chi connectivity index (χ0n) is 47.5. The molecule has 0 aliphatic carbocycles. The molecule has 0 amide bonds. The molecule has 12 nitrogen and oxygen atoms in total. The van der Waals surface area contributed by atoms with Gasteiger partial charge in [0.25, 0.3) is 0 Å². The molecule has 1 fully saturated rings. The smallest absolute Gasteiger partial charge is 0.397 e. The van der Waals surface area contributed by atoms with Crippen molar-refractivity contribution in [2.45, 2.75) is 269 Å². The largest absolute Gasteiger partial charge is 0.457 e. The van der Waals surface area contributed by atoms with Crippen LogP contribution in [0.3, 0.4) is 0 Å². The Morgan fingerprint density at radius 2 is 0.868 bits per heavy atom. The first-order valence-electron chi connectivity index (χ1n) is 30.0. The zero-order chi connectivity index (χ0) is 55.3. The van der Waals surface area contributed by atoms with E-state index in [-0.39, 0.29) is 19.6 Å². The summed E-state index contributed by atoms with van der Waals surface area (Å²) in [5.41, 5.74) is 0. The van der Waals surface area contributed by atoms with Crippen LogP contribution in [-0.4, -0.2) is 97.5 Å². The van der Waals surface area contributed by atoms with E-state index in [0.717, 1.165) is 96.3 Å². The monoisotopic (exact) mass is 1090 g/mol. The van der Waals surface area contributed by atoms with E-state index in [1.165, 1.54) is 109 Å². The number of unbranched alkanes of at least 4 members (excludes halogenated alkanes) is 23. The van der Waals surface area contributed by atoms with Gasteiger partial charge in [-0.25, -0.2) is 4.18 Å². The molecule has 6 unspecified atom stereocenters. The lowest BCUT2D eigenvalue weighted by atomic mass is 9.99.